The second-order valence-corrected chi connectivity index (χ2v) is 7.10. The van der Waals surface area contributed by atoms with Crippen LogP contribution in [0.2, 0.25) is 0 Å². The fourth-order valence-corrected chi connectivity index (χ4v) is 3.13. The maximum Gasteiger partial charge on any atom is 0.417 e. The van der Waals surface area contributed by atoms with Gasteiger partial charge in [0.2, 0.25) is 5.91 Å². The van der Waals surface area contributed by atoms with E-state index in [1.54, 1.807) is 24.3 Å². The van der Waals surface area contributed by atoms with E-state index >= 15 is 0 Å². The van der Waals surface area contributed by atoms with Gasteiger partial charge in [-0.25, -0.2) is 0 Å². The molecule has 166 valence electrons. The van der Waals surface area contributed by atoms with Gasteiger partial charge in [-0.15, -0.1) is 0 Å². The minimum atomic E-state index is -4.71. The molecule has 0 fully saturated rings. The molecule has 0 spiro atoms. The van der Waals surface area contributed by atoms with Crippen LogP contribution in [0.5, 0.6) is 5.75 Å². The summed E-state index contributed by atoms with van der Waals surface area (Å²) in [5.41, 5.74) is 5.34. The zero-order valence-electron chi connectivity index (χ0n) is 16.9. The normalized spacial score (nSPS) is 12.1. The molecule has 0 saturated carbocycles. The second-order valence-electron chi connectivity index (χ2n) is 7.10. The van der Waals surface area contributed by atoms with Crippen molar-refractivity contribution in [1.29, 1.82) is 0 Å². The number of halogens is 3. The molecule has 5 nitrogen and oxygen atoms in total. The Balaban J connectivity index is 1.71. The quantitative estimate of drug-likeness (QED) is 0.551. The van der Waals surface area contributed by atoms with Gasteiger partial charge in [-0.05, 0) is 35.4 Å². The lowest BCUT2D eigenvalue weighted by atomic mass is 10.0. The van der Waals surface area contributed by atoms with Crippen LogP contribution in [-0.2, 0) is 24.0 Å². The van der Waals surface area contributed by atoms with E-state index in [2.05, 4.69) is 5.32 Å². The molecule has 8 heteroatoms. The SMILES string of the molecule is NC(=O)[C@@H](Cc1cccc(OCc2ccccc2)c1)NC(=O)c1ccccc1C(F)(F)F. The first-order valence-corrected chi connectivity index (χ1v) is 9.76. The molecular weight excluding hydrogens is 421 g/mol. The average molecular weight is 442 g/mol. The molecule has 0 aliphatic rings. The smallest absolute Gasteiger partial charge is 0.417 e. The third-order valence-electron chi connectivity index (χ3n) is 4.71. The molecule has 0 unspecified atom stereocenters. The molecule has 0 radical (unpaired) electrons. The molecule has 3 N–H and O–H groups in total. The minimum Gasteiger partial charge on any atom is -0.489 e. The molecule has 32 heavy (non-hydrogen) atoms. The summed E-state index contributed by atoms with van der Waals surface area (Å²) in [7, 11) is 0. The van der Waals surface area contributed by atoms with Gasteiger partial charge in [0.25, 0.3) is 5.91 Å². The number of primary amides is 1. The van der Waals surface area contributed by atoms with Gasteiger partial charge in [-0.1, -0.05) is 54.6 Å². The van der Waals surface area contributed by atoms with Crippen molar-refractivity contribution in [2.45, 2.75) is 25.2 Å². The maximum atomic E-state index is 13.2. The lowest BCUT2D eigenvalue weighted by Crippen LogP contribution is -2.46. The van der Waals surface area contributed by atoms with Crippen molar-refractivity contribution in [3.63, 3.8) is 0 Å². The van der Waals surface area contributed by atoms with Crippen molar-refractivity contribution in [3.05, 3.63) is 101 Å². The molecule has 0 heterocycles. The molecule has 1 atom stereocenters. The van der Waals surface area contributed by atoms with Crippen LogP contribution in [0.1, 0.15) is 27.0 Å². The Labute approximate surface area is 183 Å². The highest BCUT2D eigenvalue weighted by Gasteiger charge is 2.35. The van der Waals surface area contributed by atoms with E-state index in [4.69, 9.17) is 10.5 Å². The molecule has 0 aliphatic heterocycles. The number of hydrogen-bond acceptors (Lipinski definition) is 3. The average Bonchev–Trinajstić information content (AvgIpc) is 2.77. The Morgan fingerprint density at radius 2 is 1.56 bits per heavy atom. The van der Waals surface area contributed by atoms with E-state index in [0.717, 1.165) is 17.7 Å². The molecule has 0 bridgehead atoms. The number of nitrogens with two attached hydrogens (primary N) is 1. The Bertz CT molecular complexity index is 1090. The van der Waals surface area contributed by atoms with E-state index in [1.165, 1.54) is 12.1 Å². The highest BCUT2D eigenvalue weighted by molar-refractivity contribution is 5.98. The number of rotatable bonds is 8. The second kappa shape index (κ2) is 10.00. The third kappa shape index (κ3) is 6.10. The van der Waals surface area contributed by atoms with Crippen molar-refractivity contribution in [2.24, 2.45) is 5.73 Å². The van der Waals surface area contributed by atoms with Crippen LogP contribution in [0.25, 0.3) is 0 Å². The summed E-state index contributed by atoms with van der Waals surface area (Å²) in [6.07, 6.45) is -4.71. The summed E-state index contributed by atoms with van der Waals surface area (Å²) < 4.78 is 45.4. The summed E-state index contributed by atoms with van der Waals surface area (Å²) in [4.78, 5) is 24.4. The lowest BCUT2D eigenvalue weighted by Gasteiger charge is -2.18. The molecule has 0 aromatic heterocycles. The van der Waals surface area contributed by atoms with Crippen molar-refractivity contribution < 1.29 is 27.5 Å². The predicted octanol–water partition coefficient (Wildman–Crippen LogP) is 4.11. The molecule has 0 aliphatic carbocycles. The number of hydrogen-bond donors (Lipinski definition) is 2. The summed E-state index contributed by atoms with van der Waals surface area (Å²) >= 11 is 0. The van der Waals surface area contributed by atoms with Gasteiger partial charge in [0.05, 0.1) is 11.1 Å². The van der Waals surface area contributed by atoms with Crippen LogP contribution in [-0.4, -0.2) is 17.9 Å². The molecule has 3 aromatic carbocycles. The van der Waals surface area contributed by atoms with Crippen LogP contribution < -0.4 is 15.8 Å². The first kappa shape index (κ1) is 22.9. The summed E-state index contributed by atoms with van der Waals surface area (Å²) in [5, 5.41) is 2.32. The Morgan fingerprint density at radius 1 is 0.906 bits per heavy atom. The number of alkyl halides is 3. The number of carbonyl (C=O) groups excluding carboxylic acids is 2. The Morgan fingerprint density at radius 3 is 2.25 bits per heavy atom. The van der Waals surface area contributed by atoms with Crippen molar-refractivity contribution >= 4 is 11.8 Å². The number of benzene rings is 3. The first-order chi connectivity index (χ1) is 15.2. The van der Waals surface area contributed by atoms with Crippen molar-refractivity contribution in [3.8, 4) is 5.75 Å². The van der Waals surface area contributed by atoms with E-state index in [0.29, 0.717) is 17.9 Å². The monoisotopic (exact) mass is 442 g/mol. The standard InChI is InChI=1S/C24H21F3N2O3/c25-24(26,27)20-12-5-4-11-19(20)23(31)29-21(22(28)30)14-17-9-6-10-18(13-17)32-15-16-7-2-1-3-8-16/h1-13,21H,14-15H2,(H2,28,30)(H,29,31)/t21-/m1/s1. The van der Waals surface area contributed by atoms with Crippen LogP contribution in [0.15, 0.2) is 78.9 Å². The number of carbonyl (C=O) groups is 2. The highest BCUT2D eigenvalue weighted by Crippen LogP contribution is 2.31. The summed E-state index contributed by atoms with van der Waals surface area (Å²) in [6, 6.07) is 19.5. The zero-order chi connectivity index (χ0) is 23.1. The van der Waals surface area contributed by atoms with Gasteiger partial charge in [0.1, 0.15) is 18.4 Å². The lowest BCUT2D eigenvalue weighted by molar-refractivity contribution is -0.137. The van der Waals surface area contributed by atoms with Crippen LogP contribution >= 0.6 is 0 Å². The summed E-state index contributed by atoms with van der Waals surface area (Å²) in [5.74, 6) is -1.35. The maximum absolute atomic E-state index is 13.2. The first-order valence-electron chi connectivity index (χ1n) is 9.76. The molecule has 3 rings (SSSR count). The van der Waals surface area contributed by atoms with Crippen LogP contribution in [0.4, 0.5) is 13.2 Å². The Hall–Kier alpha value is -3.81. The molecule has 3 aromatic rings. The molecule has 0 saturated heterocycles. The topological polar surface area (TPSA) is 81.4 Å². The van der Waals surface area contributed by atoms with Crippen molar-refractivity contribution in [2.75, 3.05) is 0 Å². The van der Waals surface area contributed by atoms with Crippen molar-refractivity contribution in [1.82, 2.24) is 5.32 Å². The predicted molar refractivity (Wildman–Crippen MR) is 113 cm³/mol. The minimum absolute atomic E-state index is 0.00219. The molecular formula is C24H21F3N2O3. The van der Waals surface area contributed by atoms with E-state index in [-0.39, 0.29) is 6.42 Å². The van der Waals surface area contributed by atoms with Crippen LogP contribution in [0.3, 0.4) is 0 Å². The van der Waals surface area contributed by atoms with Gasteiger partial charge in [0.15, 0.2) is 0 Å². The van der Waals surface area contributed by atoms with E-state index in [1.807, 2.05) is 30.3 Å². The fraction of sp³-hybridized carbons (Fsp3) is 0.167. The number of nitrogens with one attached hydrogen (secondary N) is 1. The third-order valence-corrected chi connectivity index (χ3v) is 4.71. The van der Waals surface area contributed by atoms with Crippen LogP contribution in [0, 0.1) is 0 Å². The van der Waals surface area contributed by atoms with Gasteiger partial charge in [-0.3, -0.25) is 9.59 Å². The number of amides is 2. The largest absolute Gasteiger partial charge is 0.489 e. The zero-order valence-corrected chi connectivity index (χ0v) is 16.9. The Kier molecular flexibility index (Phi) is 7.14. The van der Waals surface area contributed by atoms with Gasteiger partial charge in [-0.2, -0.15) is 13.2 Å². The van der Waals surface area contributed by atoms with Gasteiger partial charge < -0.3 is 15.8 Å². The van der Waals surface area contributed by atoms with E-state index in [9.17, 15) is 22.8 Å². The summed E-state index contributed by atoms with van der Waals surface area (Å²) in [6.45, 7) is 0.342. The molecule has 2 amide bonds. The van der Waals surface area contributed by atoms with Gasteiger partial charge >= 0.3 is 6.18 Å². The fourth-order valence-electron chi connectivity index (χ4n) is 3.13. The van der Waals surface area contributed by atoms with E-state index < -0.39 is 35.2 Å². The number of ether oxygens (including phenoxy) is 1. The van der Waals surface area contributed by atoms with Gasteiger partial charge in [0, 0.05) is 6.42 Å². The highest BCUT2D eigenvalue weighted by atomic mass is 19.4.